The van der Waals surface area contributed by atoms with E-state index in [-0.39, 0.29) is 17.4 Å². The summed E-state index contributed by atoms with van der Waals surface area (Å²) in [6.45, 7) is 5.47. The molecule has 80 valence electrons. The standard InChI is InChI=1S/C10H13N3O2/c1-3-6(2)12-9-5-7(10(14)15)4-8(11)13-9/h3-6H,1H2,2H3,(H,14,15)(H3,11,12,13). The number of hydrogen-bond acceptors (Lipinski definition) is 4. The van der Waals surface area contributed by atoms with Crippen molar-refractivity contribution in [2.45, 2.75) is 13.0 Å². The predicted molar refractivity (Wildman–Crippen MR) is 58.9 cm³/mol. The molecule has 0 aliphatic heterocycles. The van der Waals surface area contributed by atoms with Crippen LogP contribution in [0.1, 0.15) is 17.3 Å². The van der Waals surface area contributed by atoms with E-state index in [1.165, 1.54) is 12.1 Å². The number of nitrogens with zero attached hydrogens (tertiary/aromatic N) is 1. The maximum Gasteiger partial charge on any atom is 0.335 e. The van der Waals surface area contributed by atoms with Crippen LogP contribution in [0.3, 0.4) is 0 Å². The number of rotatable bonds is 4. The molecule has 0 aliphatic rings. The zero-order chi connectivity index (χ0) is 11.4. The first-order valence-electron chi connectivity index (χ1n) is 4.43. The number of aromatic carboxylic acids is 1. The van der Waals surface area contributed by atoms with Gasteiger partial charge in [-0.25, -0.2) is 9.78 Å². The molecule has 0 aliphatic carbocycles. The number of anilines is 2. The van der Waals surface area contributed by atoms with Gasteiger partial charge in [-0.05, 0) is 19.1 Å². The SMILES string of the molecule is C=CC(C)Nc1cc(C(=O)O)cc(N)n1. The van der Waals surface area contributed by atoms with Crippen LogP contribution in [-0.2, 0) is 0 Å². The lowest BCUT2D eigenvalue weighted by atomic mass is 10.2. The second-order valence-corrected chi connectivity index (χ2v) is 3.14. The summed E-state index contributed by atoms with van der Waals surface area (Å²) in [5, 5.41) is 11.7. The van der Waals surface area contributed by atoms with Crippen LogP contribution in [0.25, 0.3) is 0 Å². The van der Waals surface area contributed by atoms with Crippen LogP contribution < -0.4 is 11.1 Å². The maximum atomic E-state index is 10.7. The summed E-state index contributed by atoms with van der Waals surface area (Å²) < 4.78 is 0. The Morgan fingerprint density at radius 1 is 1.73 bits per heavy atom. The smallest absolute Gasteiger partial charge is 0.335 e. The molecule has 1 aromatic heterocycles. The van der Waals surface area contributed by atoms with E-state index in [1.54, 1.807) is 6.08 Å². The third kappa shape index (κ3) is 2.98. The third-order valence-electron chi connectivity index (χ3n) is 1.82. The summed E-state index contributed by atoms with van der Waals surface area (Å²) in [7, 11) is 0. The molecule has 0 radical (unpaired) electrons. The number of nitrogen functional groups attached to an aromatic ring is 1. The molecule has 15 heavy (non-hydrogen) atoms. The van der Waals surface area contributed by atoms with E-state index in [0.29, 0.717) is 5.82 Å². The minimum atomic E-state index is -1.03. The van der Waals surface area contributed by atoms with Gasteiger partial charge < -0.3 is 16.2 Å². The van der Waals surface area contributed by atoms with Crippen LogP contribution in [0.15, 0.2) is 24.8 Å². The first-order valence-corrected chi connectivity index (χ1v) is 4.43. The van der Waals surface area contributed by atoms with Gasteiger partial charge in [-0.1, -0.05) is 6.08 Å². The molecule has 1 atom stereocenters. The molecule has 0 aromatic carbocycles. The van der Waals surface area contributed by atoms with Crippen LogP contribution >= 0.6 is 0 Å². The van der Waals surface area contributed by atoms with Gasteiger partial charge in [0.05, 0.1) is 5.56 Å². The van der Waals surface area contributed by atoms with Gasteiger partial charge in [0.2, 0.25) is 0 Å². The molecule has 4 N–H and O–H groups in total. The van der Waals surface area contributed by atoms with Gasteiger partial charge >= 0.3 is 5.97 Å². The molecule has 5 nitrogen and oxygen atoms in total. The number of carbonyl (C=O) groups is 1. The van der Waals surface area contributed by atoms with Crippen molar-refractivity contribution in [1.29, 1.82) is 0 Å². The average Bonchev–Trinajstić information content (AvgIpc) is 2.16. The van der Waals surface area contributed by atoms with E-state index < -0.39 is 5.97 Å². The molecule has 0 bridgehead atoms. The van der Waals surface area contributed by atoms with Gasteiger partial charge in [0, 0.05) is 6.04 Å². The van der Waals surface area contributed by atoms with Crippen LogP contribution in [0.2, 0.25) is 0 Å². The molecule has 1 aromatic rings. The lowest BCUT2D eigenvalue weighted by Gasteiger charge is -2.10. The van der Waals surface area contributed by atoms with Gasteiger partial charge in [-0.2, -0.15) is 0 Å². The fourth-order valence-corrected chi connectivity index (χ4v) is 1.04. The Hall–Kier alpha value is -2.04. The molecule has 1 unspecified atom stereocenters. The van der Waals surface area contributed by atoms with Crippen molar-refractivity contribution in [1.82, 2.24) is 4.98 Å². The highest BCUT2D eigenvalue weighted by Gasteiger charge is 2.07. The minimum absolute atomic E-state index is 0.000875. The molecule has 1 heterocycles. The van der Waals surface area contributed by atoms with Crippen molar-refractivity contribution < 1.29 is 9.90 Å². The number of carboxylic acid groups (broad SMARTS) is 1. The Morgan fingerprint density at radius 3 is 2.93 bits per heavy atom. The lowest BCUT2D eigenvalue weighted by Crippen LogP contribution is -2.14. The van der Waals surface area contributed by atoms with Crippen LogP contribution in [0.5, 0.6) is 0 Å². The fourth-order valence-electron chi connectivity index (χ4n) is 1.04. The van der Waals surface area contributed by atoms with E-state index in [1.807, 2.05) is 6.92 Å². The van der Waals surface area contributed by atoms with Crippen molar-refractivity contribution in [2.24, 2.45) is 0 Å². The predicted octanol–water partition coefficient (Wildman–Crippen LogP) is 1.35. The first-order chi connectivity index (χ1) is 7.02. The van der Waals surface area contributed by atoms with Crippen molar-refractivity contribution in [2.75, 3.05) is 11.1 Å². The highest BCUT2D eigenvalue weighted by molar-refractivity contribution is 5.89. The van der Waals surface area contributed by atoms with Gasteiger partial charge in [-0.15, -0.1) is 6.58 Å². The number of carboxylic acids is 1. The second-order valence-electron chi connectivity index (χ2n) is 3.14. The van der Waals surface area contributed by atoms with Crippen LogP contribution in [0, 0.1) is 0 Å². The van der Waals surface area contributed by atoms with E-state index in [4.69, 9.17) is 10.8 Å². The summed E-state index contributed by atoms with van der Waals surface area (Å²) in [6, 6.07) is 2.74. The van der Waals surface area contributed by atoms with Crippen molar-refractivity contribution in [3.8, 4) is 0 Å². The zero-order valence-corrected chi connectivity index (χ0v) is 8.40. The summed E-state index contributed by atoms with van der Waals surface area (Å²) >= 11 is 0. The second kappa shape index (κ2) is 4.45. The minimum Gasteiger partial charge on any atom is -0.478 e. The van der Waals surface area contributed by atoms with Crippen molar-refractivity contribution >= 4 is 17.6 Å². The van der Waals surface area contributed by atoms with Gasteiger partial charge in [0.15, 0.2) is 0 Å². The number of hydrogen-bond donors (Lipinski definition) is 3. The number of aromatic nitrogens is 1. The topological polar surface area (TPSA) is 88.2 Å². The summed E-state index contributed by atoms with van der Waals surface area (Å²) in [6.07, 6.45) is 1.69. The molecular formula is C10H13N3O2. The average molecular weight is 207 g/mol. The molecule has 0 amide bonds. The summed E-state index contributed by atoms with van der Waals surface area (Å²) in [5.74, 6) is -0.424. The van der Waals surface area contributed by atoms with E-state index >= 15 is 0 Å². The normalized spacial score (nSPS) is 11.8. The van der Waals surface area contributed by atoms with Gasteiger partial charge in [-0.3, -0.25) is 0 Å². The number of pyridine rings is 1. The first kappa shape index (κ1) is 11.0. The summed E-state index contributed by atoms with van der Waals surface area (Å²) in [4.78, 5) is 14.7. The van der Waals surface area contributed by atoms with Crippen molar-refractivity contribution in [3.05, 3.63) is 30.4 Å². The van der Waals surface area contributed by atoms with Crippen LogP contribution in [-0.4, -0.2) is 22.1 Å². The Morgan fingerprint density at radius 2 is 2.40 bits per heavy atom. The van der Waals surface area contributed by atoms with E-state index in [0.717, 1.165) is 0 Å². The molecular weight excluding hydrogens is 194 g/mol. The van der Waals surface area contributed by atoms with Crippen LogP contribution in [0.4, 0.5) is 11.6 Å². The Balaban J connectivity index is 2.98. The molecule has 5 heteroatoms. The van der Waals surface area contributed by atoms with E-state index in [9.17, 15) is 4.79 Å². The van der Waals surface area contributed by atoms with Gasteiger partial charge in [0.25, 0.3) is 0 Å². The molecule has 0 saturated carbocycles. The Kier molecular flexibility index (Phi) is 3.28. The number of nitrogens with two attached hydrogens (primary N) is 1. The molecule has 0 spiro atoms. The zero-order valence-electron chi connectivity index (χ0n) is 8.40. The van der Waals surface area contributed by atoms with Crippen molar-refractivity contribution in [3.63, 3.8) is 0 Å². The molecule has 0 saturated heterocycles. The quantitative estimate of drug-likeness (QED) is 0.648. The number of nitrogens with one attached hydrogen (secondary N) is 1. The van der Waals surface area contributed by atoms with Gasteiger partial charge in [0.1, 0.15) is 11.6 Å². The van der Waals surface area contributed by atoms with E-state index in [2.05, 4.69) is 16.9 Å². The maximum absolute atomic E-state index is 10.7. The largest absolute Gasteiger partial charge is 0.478 e. The highest BCUT2D eigenvalue weighted by Crippen LogP contribution is 2.13. The lowest BCUT2D eigenvalue weighted by molar-refractivity contribution is 0.0697. The fraction of sp³-hybridized carbons (Fsp3) is 0.200. The molecule has 1 rings (SSSR count). The Bertz CT molecular complexity index is 390. The highest BCUT2D eigenvalue weighted by atomic mass is 16.4. The third-order valence-corrected chi connectivity index (χ3v) is 1.82. The summed E-state index contributed by atoms with van der Waals surface area (Å²) in [5.41, 5.74) is 5.59. The monoisotopic (exact) mass is 207 g/mol. The molecule has 0 fully saturated rings. The Labute approximate surface area is 87.6 Å².